The average molecular weight is 718 g/mol. The third kappa shape index (κ3) is 5.16. The molecule has 262 valence electrons. The van der Waals surface area contributed by atoms with Gasteiger partial charge in [0.15, 0.2) is 0 Å². The molecule has 0 aliphatic carbocycles. The van der Waals surface area contributed by atoms with Gasteiger partial charge in [0.2, 0.25) is 0 Å². The summed E-state index contributed by atoms with van der Waals surface area (Å²) in [6.45, 7) is 0. The SMILES string of the molecule is N#Cc1ccccc1-c1ccc2c3ccccc3n(-c3cccc4c3C(=O)N(c3c(-c5ccccc5)cc(-c5ccccc5)cc3-c3ccccc3)C4=O)c2c1. The fraction of sp³-hybridized carbons (Fsp3) is 0. The highest BCUT2D eigenvalue weighted by Gasteiger charge is 2.41. The van der Waals surface area contributed by atoms with E-state index < -0.39 is 0 Å². The fourth-order valence-electron chi connectivity index (χ4n) is 8.24. The molecule has 10 rings (SSSR count). The van der Waals surface area contributed by atoms with E-state index >= 15 is 4.79 Å². The van der Waals surface area contributed by atoms with E-state index in [4.69, 9.17) is 0 Å². The summed E-state index contributed by atoms with van der Waals surface area (Å²) in [4.78, 5) is 31.7. The van der Waals surface area contributed by atoms with Crippen LogP contribution in [0.25, 0.3) is 72.0 Å². The van der Waals surface area contributed by atoms with Crippen LogP contribution < -0.4 is 4.90 Å². The predicted molar refractivity (Wildman–Crippen MR) is 225 cm³/mol. The van der Waals surface area contributed by atoms with Crippen LogP contribution in [0, 0.1) is 11.3 Å². The van der Waals surface area contributed by atoms with E-state index in [2.05, 4.69) is 53.1 Å². The van der Waals surface area contributed by atoms with E-state index in [0.29, 0.717) is 28.1 Å². The lowest BCUT2D eigenvalue weighted by atomic mass is 9.90. The summed E-state index contributed by atoms with van der Waals surface area (Å²) in [6, 6.07) is 64.0. The first kappa shape index (κ1) is 32.8. The highest BCUT2D eigenvalue weighted by molar-refractivity contribution is 6.37. The smallest absolute Gasteiger partial charge is 0.268 e. The third-order valence-corrected chi connectivity index (χ3v) is 10.8. The summed E-state index contributed by atoms with van der Waals surface area (Å²) in [5.41, 5.74) is 11.2. The molecule has 5 nitrogen and oxygen atoms in total. The molecule has 0 N–H and O–H groups in total. The highest BCUT2D eigenvalue weighted by atomic mass is 16.2. The van der Waals surface area contributed by atoms with Crippen LogP contribution in [0.4, 0.5) is 5.69 Å². The van der Waals surface area contributed by atoms with E-state index in [-0.39, 0.29) is 11.8 Å². The first-order valence-electron chi connectivity index (χ1n) is 18.5. The molecule has 1 aliphatic rings. The zero-order valence-corrected chi connectivity index (χ0v) is 30.1. The molecule has 0 atom stereocenters. The van der Waals surface area contributed by atoms with Crippen molar-refractivity contribution in [2.45, 2.75) is 0 Å². The molecule has 56 heavy (non-hydrogen) atoms. The number of aromatic nitrogens is 1. The molecule has 0 unspecified atom stereocenters. The van der Waals surface area contributed by atoms with Crippen molar-refractivity contribution in [3.05, 3.63) is 205 Å². The van der Waals surface area contributed by atoms with E-state index in [9.17, 15) is 10.1 Å². The molecular formula is C51H31N3O2. The number of fused-ring (bicyclic) bond motifs is 4. The summed E-state index contributed by atoms with van der Waals surface area (Å²) in [7, 11) is 0. The van der Waals surface area contributed by atoms with Crippen LogP contribution in [0.15, 0.2) is 188 Å². The lowest BCUT2D eigenvalue weighted by Crippen LogP contribution is -2.30. The van der Waals surface area contributed by atoms with E-state index in [1.165, 1.54) is 4.90 Å². The number of imide groups is 1. The van der Waals surface area contributed by atoms with Crippen molar-refractivity contribution >= 4 is 39.3 Å². The molecule has 0 saturated carbocycles. The molecule has 8 aromatic carbocycles. The Labute approximate surface area is 323 Å². The number of hydrogen-bond acceptors (Lipinski definition) is 3. The second-order valence-electron chi connectivity index (χ2n) is 13.9. The summed E-state index contributed by atoms with van der Waals surface area (Å²) in [5.74, 6) is -0.766. The Morgan fingerprint density at radius 2 is 0.982 bits per heavy atom. The van der Waals surface area contributed by atoms with Crippen LogP contribution >= 0.6 is 0 Å². The quantitative estimate of drug-likeness (QED) is 0.161. The second kappa shape index (κ2) is 13.2. The van der Waals surface area contributed by atoms with E-state index in [0.717, 1.165) is 66.3 Å². The maximum atomic E-state index is 15.3. The van der Waals surface area contributed by atoms with Crippen molar-refractivity contribution in [1.82, 2.24) is 4.57 Å². The lowest BCUT2D eigenvalue weighted by molar-refractivity contribution is 0.0926. The molecule has 2 heterocycles. The van der Waals surface area contributed by atoms with Gasteiger partial charge in [-0.3, -0.25) is 9.59 Å². The van der Waals surface area contributed by atoms with Gasteiger partial charge in [0.1, 0.15) is 0 Å². The number of nitrogens with zero attached hydrogens (tertiary/aromatic N) is 3. The minimum absolute atomic E-state index is 0.341. The van der Waals surface area contributed by atoms with Gasteiger partial charge >= 0.3 is 0 Å². The van der Waals surface area contributed by atoms with Crippen molar-refractivity contribution in [2.24, 2.45) is 0 Å². The van der Waals surface area contributed by atoms with Crippen LogP contribution in [0.5, 0.6) is 0 Å². The number of rotatable bonds is 6. The number of para-hydroxylation sites is 1. The lowest BCUT2D eigenvalue weighted by Gasteiger charge is -2.24. The zero-order valence-electron chi connectivity index (χ0n) is 30.1. The van der Waals surface area contributed by atoms with Crippen molar-refractivity contribution in [3.63, 3.8) is 0 Å². The Morgan fingerprint density at radius 3 is 1.66 bits per heavy atom. The van der Waals surface area contributed by atoms with Crippen LogP contribution in [-0.2, 0) is 0 Å². The van der Waals surface area contributed by atoms with Gasteiger partial charge in [-0.1, -0.05) is 146 Å². The summed E-state index contributed by atoms with van der Waals surface area (Å²) < 4.78 is 2.09. The molecule has 2 amide bonds. The van der Waals surface area contributed by atoms with Crippen LogP contribution in [-0.4, -0.2) is 16.4 Å². The Balaban J connectivity index is 1.23. The number of amides is 2. The number of hydrogen-bond donors (Lipinski definition) is 0. The van der Waals surface area contributed by atoms with Crippen molar-refractivity contribution < 1.29 is 9.59 Å². The maximum Gasteiger partial charge on any atom is 0.268 e. The Hall–Kier alpha value is -7.81. The zero-order chi connectivity index (χ0) is 37.8. The summed E-state index contributed by atoms with van der Waals surface area (Å²) >= 11 is 0. The van der Waals surface area contributed by atoms with E-state index in [1.54, 1.807) is 6.07 Å². The molecule has 1 aromatic heterocycles. The van der Waals surface area contributed by atoms with Crippen LogP contribution in [0.1, 0.15) is 26.3 Å². The number of anilines is 1. The van der Waals surface area contributed by atoms with Gasteiger partial charge in [0, 0.05) is 21.9 Å². The van der Waals surface area contributed by atoms with Crippen LogP contribution in [0.3, 0.4) is 0 Å². The highest BCUT2D eigenvalue weighted by Crippen LogP contribution is 2.47. The second-order valence-corrected chi connectivity index (χ2v) is 13.9. The van der Waals surface area contributed by atoms with Gasteiger partial charge in [-0.2, -0.15) is 5.26 Å². The van der Waals surface area contributed by atoms with Crippen molar-refractivity contribution in [3.8, 4) is 56.3 Å². The monoisotopic (exact) mass is 717 g/mol. The van der Waals surface area contributed by atoms with Gasteiger partial charge < -0.3 is 4.57 Å². The molecule has 0 saturated heterocycles. The largest absolute Gasteiger partial charge is 0.308 e. The molecule has 1 aliphatic heterocycles. The number of benzene rings is 8. The first-order chi connectivity index (χ1) is 27.6. The summed E-state index contributed by atoms with van der Waals surface area (Å²) in [6.07, 6.45) is 0. The van der Waals surface area contributed by atoms with Gasteiger partial charge in [-0.05, 0) is 75.8 Å². The minimum atomic E-state index is -0.390. The van der Waals surface area contributed by atoms with Gasteiger partial charge in [0.25, 0.3) is 11.8 Å². The number of carbonyl (C=O) groups is 2. The first-order valence-corrected chi connectivity index (χ1v) is 18.5. The van der Waals surface area contributed by atoms with E-state index in [1.807, 2.05) is 140 Å². The van der Waals surface area contributed by atoms with Crippen molar-refractivity contribution in [2.75, 3.05) is 4.90 Å². The molecular weight excluding hydrogens is 687 g/mol. The number of nitriles is 1. The van der Waals surface area contributed by atoms with Gasteiger partial charge in [0.05, 0.1) is 45.2 Å². The average Bonchev–Trinajstić information content (AvgIpc) is 3.73. The summed E-state index contributed by atoms with van der Waals surface area (Å²) in [5, 5.41) is 12.0. The topological polar surface area (TPSA) is 66.1 Å². The Kier molecular flexibility index (Phi) is 7.76. The van der Waals surface area contributed by atoms with Crippen molar-refractivity contribution in [1.29, 1.82) is 5.26 Å². The predicted octanol–water partition coefficient (Wildman–Crippen LogP) is 12.1. The standard InChI is InChI=1S/C51H31N3O2/c52-32-37-21-10-11-22-39(37)36-27-28-41-40-23-12-13-25-45(40)53(47(41)31-36)46-26-14-24-42-48(46)51(56)54(50(42)55)49-43(34-17-6-2-7-18-34)29-38(33-15-4-1-5-16-33)30-44(49)35-19-8-3-9-20-35/h1-31H. The van der Waals surface area contributed by atoms with Gasteiger partial charge in [-0.25, -0.2) is 4.90 Å². The van der Waals surface area contributed by atoms with Crippen LogP contribution in [0.2, 0.25) is 0 Å². The molecule has 5 heteroatoms. The maximum absolute atomic E-state index is 15.3. The molecule has 0 fully saturated rings. The molecule has 9 aromatic rings. The number of carbonyl (C=O) groups excluding carboxylic acids is 2. The normalized spacial score (nSPS) is 12.3. The molecule has 0 spiro atoms. The Bertz CT molecular complexity index is 3010. The molecule has 0 radical (unpaired) electrons. The Morgan fingerprint density at radius 1 is 0.411 bits per heavy atom. The molecule has 0 bridgehead atoms. The fourth-order valence-corrected chi connectivity index (χ4v) is 8.24. The van der Waals surface area contributed by atoms with Gasteiger partial charge in [-0.15, -0.1) is 0 Å². The minimum Gasteiger partial charge on any atom is -0.308 e. The third-order valence-electron chi connectivity index (χ3n) is 10.8.